The number of rotatable bonds is 6. The molecular formula is C27H22FN3O5S. The third-order valence-corrected chi connectivity index (χ3v) is 7.15. The van der Waals surface area contributed by atoms with Gasteiger partial charge in [-0.2, -0.15) is 0 Å². The predicted octanol–water partition coefficient (Wildman–Crippen LogP) is 3.84. The third-order valence-electron chi connectivity index (χ3n) is 6.24. The number of carbonyl (C=O) groups excluding carboxylic acids is 4. The summed E-state index contributed by atoms with van der Waals surface area (Å²) in [5.74, 6) is -1.71. The second kappa shape index (κ2) is 10.4. The summed E-state index contributed by atoms with van der Waals surface area (Å²) < 4.78 is 19.2. The van der Waals surface area contributed by atoms with Crippen molar-refractivity contribution >= 4 is 40.8 Å². The summed E-state index contributed by atoms with van der Waals surface area (Å²) in [5, 5.41) is 2.26. The van der Waals surface area contributed by atoms with E-state index in [0.29, 0.717) is 6.42 Å². The standard InChI is InChI=1S/C27H22FN3O5S/c28-20-9-4-3-7-18(20)15-23-26(34)30(27(35)37-23)12-11-29-24(32)21-14-17-6-1-2-8-19(17)16-31(21)25(33)22-10-5-13-36-22/h1-10,13,15,21H,11-12,14,16H2,(H,29,32)/b23-15+. The maximum atomic E-state index is 14.0. The number of amides is 4. The molecule has 10 heteroatoms. The number of hydrogen-bond acceptors (Lipinski definition) is 6. The average molecular weight is 520 g/mol. The molecule has 0 spiro atoms. The largest absolute Gasteiger partial charge is 0.459 e. The van der Waals surface area contributed by atoms with Crippen molar-refractivity contribution in [1.29, 1.82) is 0 Å². The lowest BCUT2D eigenvalue weighted by Crippen LogP contribution is -2.53. The van der Waals surface area contributed by atoms with Crippen molar-refractivity contribution in [3.8, 4) is 0 Å². The number of benzene rings is 2. The predicted molar refractivity (Wildman–Crippen MR) is 135 cm³/mol. The second-order valence-corrected chi connectivity index (χ2v) is 9.54. The van der Waals surface area contributed by atoms with Crippen LogP contribution in [0, 0.1) is 5.82 Å². The number of hydrogen-bond donors (Lipinski definition) is 1. The Morgan fingerprint density at radius 2 is 1.81 bits per heavy atom. The third kappa shape index (κ3) is 5.05. The highest BCUT2D eigenvalue weighted by Gasteiger charge is 2.37. The Hall–Kier alpha value is -4.18. The molecule has 1 aromatic heterocycles. The van der Waals surface area contributed by atoms with Gasteiger partial charge in [0.05, 0.1) is 11.2 Å². The number of fused-ring (bicyclic) bond motifs is 1. The highest BCUT2D eigenvalue weighted by molar-refractivity contribution is 8.18. The van der Waals surface area contributed by atoms with Crippen molar-refractivity contribution < 1.29 is 28.0 Å². The summed E-state index contributed by atoms with van der Waals surface area (Å²) >= 11 is 0.723. The summed E-state index contributed by atoms with van der Waals surface area (Å²) in [7, 11) is 0. The molecular weight excluding hydrogens is 497 g/mol. The zero-order valence-corrected chi connectivity index (χ0v) is 20.4. The van der Waals surface area contributed by atoms with Crippen LogP contribution in [-0.4, -0.2) is 51.9 Å². The van der Waals surface area contributed by atoms with E-state index in [1.165, 1.54) is 35.4 Å². The van der Waals surface area contributed by atoms with Crippen molar-refractivity contribution in [2.45, 2.75) is 19.0 Å². The molecule has 37 heavy (non-hydrogen) atoms. The topological polar surface area (TPSA) is 99.9 Å². The maximum absolute atomic E-state index is 14.0. The highest BCUT2D eigenvalue weighted by atomic mass is 32.2. The van der Waals surface area contributed by atoms with Crippen LogP contribution in [0.3, 0.4) is 0 Å². The van der Waals surface area contributed by atoms with Crippen molar-refractivity contribution in [1.82, 2.24) is 15.1 Å². The summed E-state index contributed by atoms with van der Waals surface area (Å²) in [6.45, 7) is 0.197. The van der Waals surface area contributed by atoms with Crippen LogP contribution in [0.2, 0.25) is 0 Å². The molecule has 1 saturated heterocycles. The summed E-state index contributed by atoms with van der Waals surface area (Å²) in [6, 6.07) is 15.9. The maximum Gasteiger partial charge on any atom is 0.293 e. The van der Waals surface area contributed by atoms with E-state index in [0.717, 1.165) is 27.8 Å². The van der Waals surface area contributed by atoms with E-state index in [4.69, 9.17) is 4.42 Å². The van der Waals surface area contributed by atoms with Crippen LogP contribution in [-0.2, 0) is 22.6 Å². The van der Waals surface area contributed by atoms with Gasteiger partial charge in [-0.25, -0.2) is 4.39 Å². The van der Waals surface area contributed by atoms with Gasteiger partial charge in [0.25, 0.3) is 17.1 Å². The molecule has 8 nitrogen and oxygen atoms in total. The monoisotopic (exact) mass is 519 g/mol. The van der Waals surface area contributed by atoms with Gasteiger partial charge < -0.3 is 14.6 Å². The van der Waals surface area contributed by atoms with E-state index >= 15 is 0 Å². The minimum absolute atomic E-state index is 0.00474. The fraction of sp³-hybridized carbons (Fsp3) is 0.185. The Labute approximate surface area is 216 Å². The number of nitrogens with one attached hydrogen (secondary N) is 1. The molecule has 1 atom stereocenters. The van der Waals surface area contributed by atoms with Crippen LogP contribution in [0.5, 0.6) is 0 Å². The number of carbonyl (C=O) groups is 4. The Bertz CT molecular complexity index is 1400. The van der Waals surface area contributed by atoms with E-state index in [1.54, 1.807) is 18.2 Å². The number of imide groups is 1. The molecule has 2 aliphatic rings. The van der Waals surface area contributed by atoms with Crippen molar-refractivity contribution in [3.63, 3.8) is 0 Å². The van der Waals surface area contributed by atoms with Crippen LogP contribution in [0.4, 0.5) is 9.18 Å². The van der Waals surface area contributed by atoms with Crippen molar-refractivity contribution in [2.75, 3.05) is 13.1 Å². The fourth-order valence-electron chi connectivity index (χ4n) is 4.35. The van der Waals surface area contributed by atoms with Crippen LogP contribution in [0.15, 0.2) is 76.2 Å². The van der Waals surface area contributed by atoms with Crippen LogP contribution in [0.1, 0.15) is 27.2 Å². The first-order valence-corrected chi connectivity index (χ1v) is 12.4. The van der Waals surface area contributed by atoms with Gasteiger partial charge in [-0.05, 0) is 47.2 Å². The molecule has 3 aromatic rings. The van der Waals surface area contributed by atoms with E-state index in [9.17, 15) is 23.6 Å². The molecule has 0 radical (unpaired) electrons. The van der Waals surface area contributed by atoms with E-state index in [2.05, 4.69) is 5.32 Å². The van der Waals surface area contributed by atoms with Gasteiger partial charge in [-0.3, -0.25) is 24.1 Å². The second-order valence-electron chi connectivity index (χ2n) is 8.54. The molecule has 2 aliphatic heterocycles. The smallest absolute Gasteiger partial charge is 0.293 e. The fourth-order valence-corrected chi connectivity index (χ4v) is 5.20. The number of thioether (sulfide) groups is 1. The molecule has 1 fully saturated rings. The van der Waals surface area contributed by atoms with Gasteiger partial charge in [0.2, 0.25) is 5.91 Å². The van der Waals surface area contributed by atoms with Crippen molar-refractivity contribution in [3.05, 3.63) is 100 Å². The molecule has 3 heterocycles. The lowest BCUT2D eigenvalue weighted by Gasteiger charge is -2.35. The van der Waals surface area contributed by atoms with Crippen LogP contribution >= 0.6 is 11.8 Å². The number of furan rings is 1. The molecule has 0 bridgehead atoms. The Balaban J connectivity index is 1.25. The molecule has 0 aliphatic carbocycles. The molecule has 188 valence electrons. The summed E-state index contributed by atoms with van der Waals surface area (Å²) in [5.41, 5.74) is 2.13. The number of nitrogens with zero attached hydrogens (tertiary/aromatic N) is 2. The van der Waals surface area contributed by atoms with Crippen LogP contribution < -0.4 is 5.32 Å². The molecule has 4 amide bonds. The van der Waals surface area contributed by atoms with Gasteiger partial charge >= 0.3 is 0 Å². The minimum Gasteiger partial charge on any atom is -0.459 e. The molecule has 1 N–H and O–H groups in total. The molecule has 2 aromatic carbocycles. The van der Waals surface area contributed by atoms with Crippen molar-refractivity contribution in [2.24, 2.45) is 0 Å². The normalized spacial score (nSPS) is 18.3. The quantitative estimate of drug-likeness (QED) is 0.497. The zero-order chi connectivity index (χ0) is 25.9. The van der Waals surface area contributed by atoms with Gasteiger partial charge in [-0.15, -0.1) is 0 Å². The van der Waals surface area contributed by atoms with Gasteiger partial charge in [0, 0.05) is 31.6 Å². The van der Waals surface area contributed by atoms with E-state index < -0.39 is 34.8 Å². The highest BCUT2D eigenvalue weighted by Crippen LogP contribution is 2.32. The van der Waals surface area contributed by atoms with Gasteiger partial charge in [0.15, 0.2) is 5.76 Å². The molecule has 5 rings (SSSR count). The molecule has 0 saturated carbocycles. The SMILES string of the molecule is O=C(NCCN1C(=O)S/C(=C/c2ccccc2F)C1=O)C1Cc2ccccc2CN1C(=O)c1ccco1. The first-order chi connectivity index (χ1) is 17.9. The summed E-state index contributed by atoms with van der Waals surface area (Å²) in [4.78, 5) is 54.0. The lowest BCUT2D eigenvalue weighted by molar-refractivity contribution is -0.127. The Kier molecular flexibility index (Phi) is 6.91. The first kappa shape index (κ1) is 24.5. The number of halogens is 1. The van der Waals surface area contributed by atoms with Gasteiger partial charge in [0.1, 0.15) is 11.9 Å². The zero-order valence-electron chi connectivity index (χ0n) is 19.6. The van der Waals surface area contributed by atoms with Gasteiger partial charge in [-0.1, -0.05) is 42.5 Å². The first-order valence-electron chi connectivity index (χ1n) is 11.6. The van der Waals surface area contributed by atoms with E-state index in [-0.39, 0.29) is 35.9 Å². The summed E-state index contributed by atoms with van der Waals surface area (Å²) in [6.07, 6.45) is 3.06. The van der Waals surface area contributed by atoms with E-state index in [1.807, 2.05) is 24.3 Å². The Morgan fingerprint density at radius 3 is 2.57 bits per heavy atom. The minimum atomic E-state index is -0.789. The van der Waals surface area contributed by atoms with Crippen LogP contribution in [0.25, 0.3) is 6.08 Å². The lowest BCUT2D eigenvalue weighted by atomic mass is 9.93. The Morgan fingerprint density at radius 1 is 1.05 bits per heavy atom. The molecule has 1 unspecified atom stereocenters. The average Bonchev–Trinajstić information content (AvgIpc) is 3.53.